The third-order valence-corrected chi connectivity index (χ3v) is 11.7. The first-order chi connectivity index (χ1) is 17.4. The lowest BCUT2D eigenvalue weighted by Crippen LogP contribution is -2.56. The van der Waals surface area contributed by atoms with Gasteiger partial charge in [0.2, 0.25) is 5.91 Å². The number of terminal acetylenes is 1. The zero-order chi connectivity index (χ0) is 26.8. The Morgan fingerprint density at radius 1 is 1.24 bits per heavy atom. The van der Waals surface area contributed by atoms with Crippen molar-refractivity contribution in [3.8, 4) is 12.3 Å². The van der Waals surface area contributed by atoms with E-state index in [1.54, 1.807) is 0 Å². The maximum absolute atomic E-state index is 13.2. The summed E-state index contributed by atoms with van der Waals surface area (Å²) in [6, 6.07) is 0. The lowest BCUT2D eigenvalue weighted by atomic mass is 9.51. The van der Waals surface area contributed by atoms with Gasteiger partial charge in [0.05, 0.1) is 12.0 Å². The van der Waals surface area contributed by atoms with Crippen molar-refractivity contribution in [3.05, 3.63) is 0 Å². The van der Waals surface area contributed by atoms with Gasteiger partial charge in [0.1, 0.15) is 11.9 Å². The Morgan fingerprint density at radius 3 is 2.65 bits per heavy atom. The van der Waals surface area contributed by atoms with E-state index in [-0.39, 0.29) is 35.0 Å². The molecule has 2 aliphatic heterocycles. The molecule has 3 saturated carbocycles. The second kappa shape index (κ2) is 9.38. The molecule has 3 aliphatic carbocycles. The molecule has 0 aromatic carbocycles. The summed E-state index contributed by atoms with van der Waals surface area (Å²) in [4.78, 5) is 41.4. The summed E-state index contributed by atoms with van der Waals surface area (Å²) in [5, 5.41) is 14.3. The number of Topliss-reactive ketones (excluding diaryl/α,β-unsaturated/α-hetero) is 1. The quantitative estimate of drug-likeness (QED) is 0.559. The van der Waals surface area contributed by atoms with Gasteiger partial charge >= 0.3 is 6.09 Å². The highest BCUT2D eigenvalue weighted by atomic mass is 16.6. The van der Waals surface area contributed by atoms with Crippen LogP contribution in [-0.2, 0) is 14.3 Å². The van der Waals surface area contributed by atoms with Gasteiger partial charge in [-0.05, 0) is 68.2 Å². The largest absolute Gasteiger partial charge is 0.445 e. The SMILES string of the molecule is C#CC[C@]1(C)C[C@@H](OC(=O)NC(=O)[C@H]2CN3CC[C@@H]2C3)[C@@]2(C)CC3(CCC(=O)C(C[C@H]2C)C3)[C@@H](C)[C@@H]1O. The zero-order valence-electron chi connectivity index (χ0n) is 22.9. The molecule has 7 nitrogen and oxygen atoms in total. The van der Waals surface area contributed by atoms with Gasteiger partial charge < -0.3 is 14.7 Å². The number of ketones is 1. The smallest absolute Gasteiger partial charge is 0.414 e. The number of amides is 2. The monoisotopic (exact) mass is 512 g/mol. The third-order valence-electron chi connectivity index (χ3n) is 11.7. The number of piperidine rings is 1. The molecule has 7 heteroatoms. The summed E-state index contributed by atoms with van der Waals surface area (Å²) in [5.74, 6) is 3.05. The zero-order valence-corrected chi connectivity index (χ0v) is 22.9. The number of carbonyl (C=O) groups is 3. The number of aliphatic hydroxyl groups is 1. The van der Waals surface area contributed by atoms with Crippen molar-refractivity contribution in [1.82, 2.24) is 10.2 Å². The number of nitrogens with zero attached hydrogens (tertiary/aromatic N) is 1. The number of aliphatic hydroxyl groups excluding tert-OH is 1. The van der Waals surface area contributed by atoms with Crippen molar-refractivity contribution < 1.29 is 24.2 Å². The van der Waals surface area contributed by atoms with E-state index in [1.165, 1.54) is 0 Å². The average molecular weight is 513 g/mol. The Kier molecular flexibility index (Phi) is 6.76. The van der Waals surface area contributed by atoms with Crippen LogP contribution in [0.25, 0.3) is 0 Å². The molecule has 1 spiro atoms. The van der Waals surface area contributed by atoms with Gasteiger partial charge in [0.15, 0.2) is 0 Å². The van der Waals surface area contributed by atoms with Gasteiger partial charge in [-0.1, -0.05) is 27.7 Å². The molecule has 5 rings (SSSR count). The molecule has 2 heterocycles. The highest BCUT2D eigenvalue weighted by Crippen LogP contribution is 2.63. The van der Waals surface area contributed by atoms with Gasteiger partial charge in [-0.25, -0.2) is 4.79 Å². The van der Waals surface area contributed by atoms with Crippen LogP contribution in [0.15, 0.2) is 0 Å². The number of ether oxygens (including phenoxy) is 1. The van der Waals surface area contributed by atoms with Crippen LogP contribution >= 0.6 is 0 Å². The minimum Gasteiger partial charge on any atom is -0.445 e. The fourth-order valence-corrected chi connectivity index (χ4v) is 9.03. The van der Waals surface area contributed by atoms with Crippen LogP contribution < -0.4 is 5.32 Å². The highest BCUT2D eigenvalue weighted by molar-refractivity contribution is 5.93. The third kappa shape index (κ3) is 4.42. The van der Waals surface area contributed by atoms with Gasteiger partial charge in [0, 0.05) is 42.7 Å². The molecule has 2 N–H and O–H groups in total. The molecular formula is C30H44N2O5. The summed E-state index contributed by atoms with van der Waals surface area (Å²) in [7, 11) is 0. The number of fused-ring (bicyclic) bond motifs is 4. The van der Waals surface area contributed by atoms with Gasteiger partial charge in [0.25, 0.3) is 0 Å². The van der Waals surface area contributed by atoms with Crippen molar-refractivity contribution in [2.75, 3.05) is 19.6 Å². The molecule has 204 valence electrons. The molecule has 0 radical (unpaired) electrons. The summed E-state index contributed by atoms with van der Waals surface area (Å²) in [6.07, 6.45) is 9.24. The Hall–Kier alpha value is -1.91. The van der Waals surface area contributed by atoms with Gasteiger partial charge in [-0.15, -0.1) is 12.3 Å². The van der Waals surface area contributed by atoms with E-state index in [2.05, 4.69) is 36.9 Å². The number of carbonyl (C=O) groups excluding carboxylic acids is 3. The molecule has 37 heavy (non-hydrogen) atoms. The summed E-state index contributed by atoms with van der Waals surface area (Å²) in [5.41, 5.74) is -1.29. The maximum Gasteiger partial charge on any atom is 0.414 e. The van der Waals surface area contributed by atoms with Crippen LogP contribution in [0.2, 0.25) is 0 Å². The molecule has 2 amide bonds. The average Bonchev–Trinajstić information content (AvgIpc) is 3.46. The Bertz CT molecular complexity index is 1010. The van der Waals surface area contributed by atoms with Crippen molar-refractivity contribution in [2.24, 2.45) is 45.8 Å². The number of alkyl carbamates (subject to hydrolysis) is 1. The topological polar surface area (TPSA) is 95.9 Å². The van der Waals surface area contributed by atoms with Gasteiger partial charge in [-0.3, -0.25) is 14.9 Å². The van der Waals surface area contributed by atoms with E-state index in [0.29, 0.717) is 37.5 Å². The molecule has 5 bridgehead atoms. The second-order valence-corrected chi connectivity index (χ2v) is 13.8. The molecule has 2 saturated heterocycles. The minimum atomic E-state index is -0.704. The molecule has 11 atom stereocenters. The molecule has 5 fully saturated rings. The van der Waals surface area contributed by atoms with E-state index in [9.17, 15) is 19.5 Å². The Balaban J connectivity index is 1.45. The number of nitrogens with one attached hydrogen (secondary N) is 1. The van der Waals surface area contributed by atoms with E-state index in [4.69, 9.17) is 11.2 Å². The molecule has 0 aromatic rings. The Morgan fingerprint density at radius 2 is 2.00 bits per heavy atom. The van der Waals surface area contributed by atoms with E-state index >= 15 is 0 Å². The van der Waals surface area contributed by atoms with Crippen LogP contribution in [0.1, 0.15) is 79.1 Å². The first-order valence-electron chi connectivity index (χ1n) is 14.3. The van der Waals surface area contributed by atoms with E-state index < -0.39 is 29.1 Å². The van der Waals surface area contributed by atoms with Crippen LogP contribution in [-0.4, -0.2) is 59.6 Å². The first-order valence-corrected chi connectivity index (χ1v) is 14.3. The minimum absolute atomic E-state index is 0.0268. The van der Waals surface area contributed by atoms with Crippen LogP contribution in [0.3, 0.4) is 0 Å². The number of imide groups is 1. The second-order valence-electron chi connectivity index (χ2n) is 13.8. The molecule has 3 unspecified atom stereocenters. The molecule has 5 aliphatic rings. The van der Waals surface area contributed by atoms with Crippen molar-refractivity contribution >= 4 is 17.8 Å². The lowest BCUT2D eigenvalue weighted by molar-refractivity contribution is -0.152. The van der Waals surface area contributed by atoms with Crippen molar-refractivity contribution in [2.45, 2.75) is 91.3 Å². The van der Waals surface area contributed by atoms with Crippen LogP contribution in [0.5, 0.6) is 0 Å². The first kappa shape index (κ1) is 26.7. The maximum atomic E-state index is 13.2. The highest BCUT2D eigenvalue weighted by Gasteiger charge is 2.61. The standard InChI is InChI=1S/C30H44N2O5/c1-6-9-28(4)14-24(37-27(36)31-26(35)22-16-32-11-8-20(22)15-32)29(5)17-30(19(3)25(28)34)10-7-23(33)21(13-30)12-18(29)2/h1,18-22,24-25,34H,7-17H2,2-5H3,(H,31,35,36)/t18-,19+,20-,21?,22+,24-,25+,28-,29+,30?/m1/s1. The fraction of sp³-hybridized carbons (Fsp3) is 0.833. The summed E-state index contributed by atoms with van der Waals surface area (Å²) in [6.45, 7) is 11.1. The number of rotatable bonds is 3. The van der Waals surface area contributed by atoms with Crippen LogP contribution in [0, 0.1) is 58.2 Å². The van der Waals surface area contributed by atoms with E-state index in [1.807, 2.05) is 6.92 Å². The van der Waals surface area contributed by atoms with Crippen molar-refractivity contribution in [1.29, 1.82) is 0 Å². The number of hydrogen-bond donors (Lipinski definition) is 2. The molecule has 0 aromatic heterocycles. The Labute approximate surface area is 221 Å². The lowest BCUT2D eigenvalue weighted by Gasteiger charge is -2.56. The molecular weight excluding hydrogens is 468 g/mol. The number of hydrogen-bond acceptors (Lipinski definition) is 6. The van der Waals surface area contributed by atoms with E-state index in [0.717, 1.165) is 45.2 Å². The summed E-state index contributed by atoms with van der Waals surface area (Å²) >= 11 is 0. The van der Waals surface area contributed by atoms with Crippen LogP contribution in [0.4, 0.5) is 4.79 Å². The predicted octanol–water partition coefficient (Wildman–Crippen LogP) is 3.78. The normalized spacial score (nSPS) is 48.8. The van der Waals surface area contributed by atoms with Crippen molar-refractivity contribution in [3.63, 3.8) is 0 Å². The summed E-state index contributed by atoms with van der Waals surface area (Å²) < 4.78 is 6.20. The predicted molar refractivity (Wildman–Crippen MR) is 139 cm³/mol. The van der Waals surface area contributed by atoms with Gasteiger partial charge in [-0.2, -0.15) is 0 Å². The fourth-order valence-electron chi connectivity index (χ4n) is 9.03.